The first-order valence-corrected chi connectivity index (χ1v) is 7.94. The summed E-state index contributed by atoms with van der Waals surface area (Å²) in [6.45, 7) is 4.47. The average Bonchev–Trinajstić information content (AvgIpc) is 2.66. The van der Waals surface area contributed by atoms with Crippen LogP contribution in [0.25, 0.3) is 0 Å². The second-order valence-electron chi connectivity index (χ2n) is 5.94. The molecule has 3 N–H and O–H groups in total. The van der Waals surface area contributed by atoms with Crippen LogP contribution in [0.1, 0.15) is 56.3 Å². The zero-order valence-corrected chi connectivity index (χ0v) is 13.0. The first-order chi connectivity index (χ1) is 10.1. The number of benzene rings is 1. The van der Waals surface area contributed by atoms with Crippen molar-refractivity contribution >= 4 is 17.3 Å². The van der Waals surface area contributed by atoms with Crippen molar-refractivity contribution in [2.24, 2.45) is 5.92 Å². The summed E-state index contributed by atoms with van der Waals surface area (Å²) in [4.78, 5) is 11.9. The summed E-state index contributed by atoms with van der Waals surface area (Å²) in [5.74, 6) is 0.452. The van der Waals surface area contributed by atoms with Crippen molar-refractivity contribution in [2.45, 2.75) is 52.0 Å². The summed E-state index contributed by atoms with van der Waals surface area (Å²) < 4.78 is 5.04. The molecule has 4 nitrogen and oxygen atoms in total. The Labute approximate surface area is 127 Å². The van der Waals surface area contributed by atoms with Crippen LogP contribution in [0.3, 0.4) is 0 Å². The van der Waals surface area contributed by atoms with Gasteiger partial charge in [-0.2, -0.15) is 0 Å². The third-order valence-electron chi connectivity index (χ3n) is 4.22. The van der Waals surface area contributed by atoms with Gasteiger partial charge in [-0.1, -0.05) is 25.8 Å². The molecule has 0 radical (unpaired) electrons. The Morgan fingerprint density at radius 3 is 2.90 bits per heavy atom. The molecule has 0 amide bonds. The van der Waals surface area contributed by atoms with E-state index in [0.717, 1.165) is 24.4 Å². The van der Waals surface area contributed by atoms with Gasteiger partial charge in [-0.15, -0.1) is 0 Å². The summed E-state index contributed by atoms with van der Waals surface area (Å²) in [7, 11) is 0. The Balaban J connectivity index is 2.09. The van der Waals surface area contributed by atoms with E-state index in [1.54, 1.807) is 13.0 Å². The van der Waals surface area contributed by atoms with Gasteiger partial charge >= 0.3 is 5.97 Å². The molecule has 4 heteroatoms. The number of anilines is 2. The van der Waals surface area contributed by atoms with Crippen LogP contribution >= 0.6 is 0 Å². The van der Waals surface area contributed by atoms with E-state index in [1.807, 2.05) is 12.1 Å². The molecule has 1 saturated carbocycles. The molecule has 0 aliphatic heterocycles. The van der Waals surface area contributed by atoms with E-state index < -0.39 is 0 Å². The second-order valence-corrected chi connectivity index (χ2v) is 5.94. The first-order valence-electron chi connectivity index (χ1n) is 7.94. The predicted octanol–water partition coefficient (Wildman–Crippen LogP) is 3.83. The summed E-state index contributed by atoms with van der Waals surface area (Å²) in [6, 6.07) is 5.94. The lowest BCUT2D eigenvalue weighted by atomic mass is 10.0. The third-order valence-corrected chi connectivity index (χ3v) is 4.22. The molecule has 0 bridgehead atoms. The fourth-order valence-electron chi connectivity index (χ4n) is 2.93. The zero-order valence-electron chi connectivity index (χ0n) is 13.0. The number of para-hydroxylation sites is 1. The lowest BCUT2D eigenvalue weighted by molar-refractivity contribution is 0.0527. The van der Waals surface area contributed by atoms with Crippen molar-refractivity contribution in [3.8, 4) is 0 Å². The van der Waals surface area contributed by atoms with Crippen LogP contribution in [0.5, 0.6) is 0 Å². The van der Waals surface area contributed by atoms with Crippen molar-refractivity contribution < 1.29 is 9.53 Å². The number of nitrogens with two attached hydrogens (primary N) is 1. The van der Waals surface area contributed by atoms with Gasteiger partial charge < -0.3 is 15.8 Å². The van der Waals surface area contributed by atoms with Crippen molar-refractivity contribution in [3.63, 3.8) is 0 Å². The van der Waals surface area contributed by atoms with E-state index in [2.05, 4.69) is 12.2 Å². The quantitative estimate of drug-likeness (QED) is 0.502. The number of carbonyl (C=O) groups excluding carboxylic acids is 1. The van der Waals surface area contributed by atoms with Gasteiger partial charge in [0.15, 0.2) is 0 Å². The van der Waals surface area contributed by atoms with Crippen LogP contribution < -0.4 is 11.1 Å². The average molecular weight is 290 g/mol. The van der Waals surface area contributed by atoms with Crippen molar-refractivity contribution in [1.29, 1.82) is 0 Å². The van der Waals surface area contributed by atoms with Crippen LogP contribution in [0.4, 0.5) is 11.4 Å². The maximum absolute atomic E-state index is 11.9. The Morgan fingerprint density at radius 1 is 1.33 bits per heavy atom. The molecule has 2 atom stereocenters. The highest BCUT2D eigenvalue weighted by atomic mass is 16.5. The van der Waals surface area contributed by atoms with Gasteiger partial charge in [-0.25, -0.2) is 4.79 Å². The molecule has 0 saturated heterocycles. The SMILES string of the molecule is CCOC(=O)c1cccc(NC2CCCC(C)CC2)c1N. The molecule has 116 valence electrons. The van der Waals surface area contributed by atoms with Crippen molar-refractivity contribution in [1.82, 2.24) is 0 Å². The zero-order chi connectivity index (χ0) is 15.2. The lowest BCUT2D eigenvalue weighted by Crippen LogP contribution is -2.20. The molecule has 1 aliphatic rings. The van der Waals surface area contributed by atoms with E-state index >= 15 is 0 Å². The number of carbonyl (C=O) groups is 1. The highest BCUT2D eigenvalue weighted by Gasteiger charge is 2.18. The Hall–Kier alpha value is -1.71. The van der Waals surface area contributed by atoms with Gasteiger partial charge in [0.05, 0.1) is 23.5 Å². The second kappa shape index (κ2) is 7.34. The smallest absolute Gasteiger partial charge is 0.340 e. The van der Waals surface area contributed by atoms with E-state index in [4.69, 9.17) is 10.5 Å². The van der Waals surface area contributed by atoms with E-state index in [9.17, 15) is 4.79 Å². The monoisotopic (exact) mass is 290 g/mol. The van der Waals surface area contributed by atoms with E-state index in [1.165, 1.54) is 19.3 Å². The topological polar surface area (TPSA) is 64.3 Å². The Kier molecular flexibility index (Phi) is 5.48. The maximum atomic E-state index is 11.9. The molecule has 21 heavy (non-hydrogen) atoms. The van der Waals surface area contributed by atoms with Gasteiger partial charge in [-0.05, 0) is 44.2 Å². The fourth-order valence-corrected chi connectivity index (χ4v) is 2.93. The van der Waals surface area contributed by atoms with Gasteiger partial charge in [0.25, 0.3) is 0 Å². The number of nitrogen functional groups attached to an aromatic ring is 1. The van der Waals surface area contributed by atoms with Gasteiger partial charge in [-0.3, -0.25) is 0 Å². The minimum atomic E-state index is -0.354. The molecule has 0 heterocycles. The van der Waals surface area contributed by atoms with E-state index in [-0.39, 0.29) is 5.97 Å². The van der Waals surface area contributed by atoms with Crippen LogP contribution in [0.15, 0.2) is 18.2 Å². The number of ether oxygens (including phenoxy) is 1. The lowest BCUT2D eigenvalue weighted by Gasteiger charge is -2.20. The summed E-state index contributed by atoms with van der Waals surface area (Å²) in [6.07, 6.45) is 6.11. The highest BCUT2D eigenvalue weighted by Crippen LogP contribution is 2.29. The Morgan fingerprint density at radius 2 is 2.14 bits per heavy atom. The van der Waals surface area contributed by atoms with Crippen LogP contribution in [0.2, 0.25) is 0 Å². The largest absolute Gasteiger partial charge is 0.462 e. The molecule has 1 aromatic carbocycles. The summed E-state index contributed by atoms with van der Waals surface area (Å²) in [5.41, 5.74) is 7.92. The van der Waals surface area contributed by atoms with Crippen LogP contribution in [-0.4, -0.2) is 18.6 Å². The minimum absolute atomic E-state index is 0.354. The van der Waals surface area contributed by atoms with Gasteiger partial charge in [0, 0.05) is 6.04 Å². The molecule has 0 spiro atoms. The third kappa shape index (κ3) is 4.13. The highest BCUT2D eigenvalue weighted by molar-refractivity contribution is 5.98. The molecule has 2 unspecified atom stereocenters. The van der Waals surface area contributed by atoms with Gasteiger partial charge in [0.2, 0.25) is 0 Å². The molecule has 1 aliphatic carbocycles. The van der Waals surface area contributed by atoms with Crippen molar-refractivity contribution in [3.05, 3.63) is 23.8 Å². The number of hydrogen-bond acceptors (Lipinski definition) is 4. The molecule has 1 aromatic rings. The van der Waals surface area contributed by atoms with E-state index in [0.29, 0.717) is 23.9 Å². The number of esters is 1. The Bertz CT molecular complexity index is 488. The number of rotatable bonds is 4. The van der Waals surface area contributed by atoms with Gasteiger partial charge in [0.1, 0.15) is 0 Å². The number of hydrogen-bond donors (Lipinski definition) is 2. The normalized spacial score (nSPS) is 22.4. The first kappa shape index (κ1) is 15.7. The number of nitrogens with one attached hydrogen (secondary N) is 1. The molecule has 1 fully saturated rings. The molecule has 0 aromatic heterocycles. The van der Waals surface area contributed by atoms with Crippen LogP contribution in [0, 0.1) is 5.92 Å². The molecular weight excluding hydrogens is 264 g/mol. The van der Waals surface area contributed by atoms with Crippen LogP contribution in [-0.2, 0) is 4.74 Å². The predicted molar refractivity (Wildman–Crippen MR) is 86.5 cm³/mol. The maximum Gasteiger partial charge on any atom is 0.340 e. The molecular formula is C17H26N2O2. The summed E-state index contributed by atoms with van der Waals surface area (Å²) >= 11 is 0. The standard InChI is InChI=1S/C17H26N2O2/c1-3-21-17(20)14-8-5-9-15(16(14)18)19-13-7-4-6-12(2)10-11-13/h5,8-9,12-13,19H,3-4,6-7,10-11,18H2,1-2H3. The minimum Gasteiger partial charge on any atom is -0.462 e. The fraction of sp³-hybridized carbons (Fsp3) is 0.588. The van der Waals surface area contributed by atoms with Crippen molar-refractivity contribution in [2.75, 3.05) is 17.7 Å². The molecule has 2 rings (SSSR count). The summed E-state index contributed by atoms with van der Waals surface area (Å²) in [5, 5.41) is 3.51.